The molecule has 0 atom stereocenters. The lowest BCUT2D eigenvalue weighted by Gasteiger charge is -2.20. The van der Waals surface area contributed by atoms with Crippen LogP contribution >= 0.6 is 0 Å². The van der Waals surface area contributed by atoms with Crippen LogP contribution in [0, 0.1) is 0 Å². The maximum absolute atomic E-state index is 12.7. The van der Waals surface area contributed by atoms with E-state index in [-0.39, 0.29) is 11.1 Å². The standard InChI is InChI=1S/C18H14N2O9S/c21-12(19-7-13(22)23)6-20-30(28,29)11-5-10-14(18(27)17(11)26)16(25)9-4-2-1-3-8(9)15(10)24/h1-5,20,26-27H,6-7H2,(H,19,21)(H,22,23). The van der Waals surface area contributed by atoms with Gasteiger partial charge in [0.05, 0.1) is 12.1 Å². The number of sulfonamides is 1. The smallest absolute Gasteiger partial charge is 0.322 e. The molecule has 2 aromatic rings. The largest absolute Gasteiger partial charge is 0.504 e. The second-order valence-electron chi connectivity index (χ2n) is 6.19. The zero-order valence-corrected chi connectivity index (χ0v) is 15.8. The first-order valence-electron chi connectivity index (χ1n) is 8.30. The summed E-state index contributed by atoms with van der Waals surface area (Å²) < 4.78 is 26.8. The molecule has 0 bridgehead atoms. The highest BCUT2D eigenvalue weighted by molar-refractivity contribution is 7.89. The average Bonchev–Trinajstić information content (AvgIpc) is 2.70. The number of hydrogen-bond donors (Lipinski definition) is 5. The molecule has 0 saturated carbocycles. The summed E-state index contributed by atoms with van der Waals surface area (Å²) in [5, 5.41) is 30.9. The molecular weight excluding hydrogens is 420 g/mol. The number of rotatable bonds is 6. The van der Waals surface area contributed by atoms with Gasteiger partial charge in [-0.3, -0.25) is 19.2 Å². The van der Waals surface area contributed by atoms with Crippen LogP contribution in [-0.4, -0.2) is 60.3 Å². The fourth-order valence-corrected chi connectivity index (χ4v) is 3.98. The SMILES string of the molecule is O=C(O)CNC(=O)CNS(=O)(=O)c1cc2c(c(O)c1O)C(=O)c1ccccc1C2=O. The van der Waals surface area contributed by atoms with Crippen molar-refractivity contribution in [2.24, 2.45) is 0 Å². The van der Waals surface area contributed by atoms with Gasteiger partial charge in [-0.2, -0.15) is 0 Å². The van der Waals surface area contributed by atoms with Gasteiger partial charge in [0, 0.05) is 16.7 Å². The van der Waals surface area contributed by atoms with Crippen LogP contribution in [0.25, 0.3) is 0 Å². The quantitative estimate of drug-likeness (QED) is 0.314. The molecule has 3 rings (SSSR count). The maximum Gasteiger partial charge on any atom is 0.322 e. The summed E-state index contributed by atoms with van der Waals surface area (Å²) in [6.45, 7) is -1.61. The molecule has 0 spiro atoms. The van der Waals surface area contributed by atoms with E-state index in [1.54, 1.807) is 0 Å². The van der Waals surface area contributed by atoms with E-state index in [1.807, 2.05) is 10.0 Å². The molecule has 1 aliphatic rings. The molecule has 11 nitrogen and oxygen atoms in total. The van der Waals surface area contributed by atoms with Crippen molar-refractivity contribution in [3.63, 3.8) is 0 Å². The van der Waals surface area contributed by atoms with Crippen LogP contribution in [-0.2, 0) is 19.6 Å². The van der Waals surface area contributed by atoms with Crippen molar-refractivity contribution < 1.29 is 42.9 Å². The molecule has 0 saturated heterocycles. The Balaban J connectivity index is 1.99. The van der Waals surface area contributed by atoms with Gasteiger partial charge in [0.25, 0.3) is 0 Å². The fourth-order valence-electron chi connectivity index (χ4n) is 2.88. The fraction of sp³-hybridized carbons (Fsp3) is 0.111. The van der Waals surface area contributed by atoms with Crippen LogP contribution < -0.4 is 10.0 Å². The van der Waals surface area contributed by atoms with Crippen LogP contribution in [0.4, 0.5) is 0 Å². The van der Waals surface area contributed by atoms with E-state index >= 15 is 0 Å². The summed E-state index contributed by atoms with van der Waals surface area (Å²) in [6.07, 6.45) is 0. The third-order valence-electron chi connectivity index (χ3n) is 4.28. The van der Waals surface area contributed by atoms with E-state index in [1.165, 1.54) is 24.3 Å². The highest BCUT2D eigenvalue weighted by atomic mass is 32.2. The number of carboxylic acid groups (broad SMARTS) is 1. The number of hydrogen-bond acceptors (Lipinski definition) is 8. The highest BCUT2D eigenvalue weighted by Crippen LogP contribution is 2.42. The normalized spacial score (nSPS) is 12.8. The number of carbonyl (C=O) groups excluding carboxylic acids is 3. The van der Waals surface area contributed by atoms with Crippen molar-refractivity contribution in [1.29, 1.82) is 0 Å². The van der Waals surface area contributed by atoms with Gasteiger partial charge < -0.3 is 20.6 Å². The van der Waals surface area contributed by atoms with Crippen LogP contribution in [0.15, 0.2) is 35.2 Å². The molecular formula is C18H14N2O9S. The number of carbonyl (C=O) groups is 4. The van der Waals surface area contributed by atoms with Gasteiger partial charge in [-0.05, 0) is 6.07 Å². The number of carboxylic acids is 1. The Morgan fingerprint density at radius 3 is 2.10 bits per heavy atom. The summed E-state index contributed by atoms with van der Waals surface area (Å²) in [5.74, 6) is -6.07. The van der Waals surface area contributed by atoms with Crippen LogP contribution in [0.2, 0.25) is 0 Å². The average molecular weight is 434 g/mol. The van der Waals surface area contributed by atoms with E-state index in [0.29, 0.717) is 0 Å². The Kier molecular flexibility index (Phi) is 5.29. The predicted octanol–water partition coefficient (Wildman–Crippen LogP) is -0.648. The predicted molar refractivity (Wildman–Crippen MR) is 98.9 cm³/mol. The molecule has 0 aromatic heterocycles. The summed E-state index contributed by atoms with van der Waals surface area (Å²) in [4.78, 5) is 46.4. The van der Waals surface area contributed by atoms with Crippen LogP contribution in [0.5, 0.6) is 11.5 Å². The second kappa shape index (κ2) is 7.57. The lowest BCUT2D eigenvalue weighted by atomic mass is 9.83. The van der Waals surface area contributed by atoms with Gasteiger partial charge in [-0.15, -0.1) is 0 Å². The summed E-state index contributed by atoms with van der Waals surface area (Å²) in [7, 11) is -4.63. The minimum absolute atomic E-state index is 0.00412. The molecule has 5 N–H and O–H groups in total. The summed E-state index contributed by atoms with van der Waals surface area (Å²) in [6, 6.07) is 6.46. The van der Waals surface area contributed by atoms with E-state index in [2.05, 4.69) is 0 Å². The Hall–Kier alpha value is -3.77. The Bertz CT molecular complexity index is 1220. The maximum atomic E-state index is 12.7. The first kappa shape index (κ1) is 21.0. The van der Waals surface area contributed by atoms with Crippen LogP contribution in [0.1, 0.15) is 31.8 Å². The number of amides is 1. The van der Waals surface area contributed by atoms with Crippen molar-refractivity contribution in [3.05, 3.63) is 52.6 Å². The molecule has 12 heteroatoms. The van der Waals surface area contributed by atoms with Crippen LogP contribution in [0.3, 0.4) is 0 Å². The zero-order chi connectivity index (χ0) is 22.2. The molecule has 156 valence electrons. The second-order valence-corrected chi connectivity index (χ2v) is 7.93. The molecule has 1 aliphatic carbocycles. The Morgan fingerprint density at radius 2 is 1.50 bits per heavy atom. The monoisotopic (exact) mass is 434 g/mol. The van der Waals surface area contributed by atoms with Crippen molar-refractivity contribution in [1.82, 2.24) is 10.0 Å². The van der Waals surface area contributed by atoms with E-state index < -0.39 is 74.1 Å². The van der Waals surface area contributed by atoms with Gasteiger partial charge in [0.1, 0.15) is 11.4 Å². The lowest BCUT2D eigenvalue weighted by Crippen LogP contribution is -2.39. The first-order valence-corrected chi connectivity index (χ1v) is 9.78. The number of nitrogens with one attached hydrogen (secondary N) is 2. The number of benzene rings is 2. The molecule has 2 aromatic carbocycles. The topological polar surface area (TPSA) is 187 Å². The van der Waals surface area contributed by atoms with E-state index in [9.17, 15) is 37.8 Å². The lowest BCUT2D eigenvalue weighted by molar-refractivity contribution is -0.137. The minimum Gasteiger partial charge on any atom is -0.504 e. The number of aromatic hydroxyl groups is 2. The Labute approximate surface area is 169 Å². The molecule has 0 aliphatic heterocycles. The summed E-state index contributed by atoms with van der Waals surface area (Å²) >= 11 is 0. The van der Waals surface area contributed by atoms with E-state index in [0.717, 1.165) is 6.07 Å². The molecule has 0 radical (unpaired) electrons. The van der Waals surface area contributed by atoms with Gasteiger partial charge in [-0.1, -0.05) is 24.3 Å². The Morgan fingerprint density at radius 1 is 0.900 bits per heavy atom. The molecule has 0 unspecified atom stereocenters. The van der Waals surface area contributed by atoms with Gasteiger partial charge in [0.2, 0.25) is 15.9 Å². The molecule has 1 amide bonds. The van der Waals surface area contributed by atoms with E-state index in [4.69, 9.17) is 5.11 Å². The highest BCUT2D eigenvalue weighted by Gasteiger charge is 2.36. The van der Waals surface area contributed by atoms with Crippen molar-refractivity contribution in [3.8, 4) is 11.5 Å². The van der Waals surface area contributed by atoms with Gasteiger partial charge >= 0.3 is 5.97 Å². The van der Waals surface area contributed by atoms with Crippen molar-refractivity contribution in [2.75, 3.05) is 13.1 Å². The first-order chi connectivity index (χ1) is 14.0. The number of phenols is 2. The number of fused-ring (bicyclic) bond motifs is 2. The summed E-state index contributed by atoms with van der Waals surface area (Å²) in [5.41, 5.74) is -0.961. The van der Waals surface area contributed by atoms with Gasteiger partial charge in [0.15, 0.2) is 23.1 Å². The zero-order valence-electron chi connectivity index (χ0n) is 15.0. The number of ketones is 2. The molecule has 30 heavy (non-hydrogen) atoms. The van der Waals surface area contributed by atoms with Gasteiger partial charge in [-0.25, -0.2) is 13.1 Å². The van der Waals surface area contributed by atoms with Crippen molar-refractivity contribution >= 4 is 33.5 Å². The molecule has 0 fully saturated rings. The third kappa shape index (κ3) is 3.60. The number of aliphatic carboxylic acids is 1. The molecule has 0 heterocycles. The number of phenolic OH excluding ortho intramolecular Hbond substituents is 2. The minimum atomic E-state index is -4.63. The third-order valence-corrected chi connectivity index (χ3v) is 5.69. The van der Waals surface area contributed by atoms with Crippen molar-refractivity contribution in [2.45, 2.75) is 4.90 Å².